The minimum Gasteiger partial charge on any atom is -0.467 e. The molecular formula is C17H23Cl2N3O2. The van der Waals surface area contributed by atoms with Gasteiger partial charge in [-0.3, -0.25) is 4.79 Å². The zero-order valence-electron chi connectivity index (χ0n) is 13.6. The second kappa shape index (κ2) is 8.97. The quantitative estimate of drug-likeness (QED) is 0.900. The van der Waals surface area contributed by atoms with Crippen LogP contribution in [0.3, 0.4) is 0 Å². The molecule has 132 valence electrons. The van der Waals surface area contributed by atoms with Crippen molar-refractivity contribution in [2.45, 2.75) is 13.5 Å². The summed E-state index contributed by atoms with van der Waals surface area (Å²) < 4.78 is 5.25. The van der Waals surface area contributed by atoms with Crippen molar-refractivity contribution < 1.29 is 9.21 Å². The summed E-state index contributed by atoms with van der Waals surface area (Å²) in [6.07, 6.45) is 1.50. The Morgan fingerprint density at radius 1 is 1.17 bits per heavy atom. The summed E-state index contributed by atoms with van der Waals surface area (Å²) in [5.74, 6) is 0.662. The van der Waals surface area contributed by atoms with Crippen LogP contribution in [-0.2, 0) is 6.54 Å². The van der Waals surface area contributed by atoms with Crippen LogP contribution in [0.4, 0.5) is 5.69 Å². The van der Waals surface area contributed by atoms with E-state index in [0.717, 1.165) is 26.2 Å². The minimum atomic E-state index is 0. The number of anilines is 1. The molecule has 0 saturated carbocycles. The zero-order valence-corrected chi connectivity index (χ0v) is 15.2. The van der Waals surface area contributed by atoms with E-state index in [2.05, 4.69) is 30.0 Å². The molecule has 0 radical (unpaired) electrons. The average molecular weight is 372 g/mol. The molecule has 1 aromatic carbocycles. The number of hydrogen-bond acceptors (Lipinski definition) is 4. The number of piperazine rings is 1. The SMILES string of the molecule is Cc1ccccc1N1CCN(C(=O)c2coc(CN)c2)CC1.Cl.Cl. The summed E-state index contributed by atoms with van der Waals surface area (Å²) in [7, 11) is 0. The lowest BCUT2D eigenvalue weighted by Crippen LogP contribution is -2.48. The summed E-state index contributed by atoms with van der Waals surface area (Å²) in [5, 5.41) is 0. The van der Waals surface area contributed by atoms with Gasteiger partial charge in [-0.25, -0.2) is 0 Å². The van der Waals surface area contributed by atoms with Gasteiger partial charge in [-0.05, 0) is 24.6 Å². The Labute approximate surface area is 154 Å². The number of hydrogen-bond donors (Lipinski definition) is 1. The van der Waals surface area contributed by atoms with Crippen molar-refractivity contribution >= 4 is 36.4 Å². The predicted octanol–water partition coefficient (Wildman–Crippen LogP) is 2.85. The molecule has 0 unspecified atom stereocenters. The molecule has 24 heavy (non-hydrogen) atoms. The first-order valence-corrected chi connectivity index (χ1v) is 7.56. The minimum absolute atomic E-state index is 0. The van der Waals surface area contributed by atoms with Crippen LogP contribution in [0, 0.1) is 6.92 Å². The van der Waals surface area contributed by atoms with Gasteiger partial charge in [-0.2, -0.15) is 0 Å². The average Bonchev–Trinajstić information content (AvgIpc) is 3.04. The van der Waals surface area contributed by atoms with Crippen molar-refractivity contribution in [2.24, 2.45) is 5.73 Å². The predicted molar refractivity (Wildman–Crippen MR) is 100 cm³/mol. The molecule has 0 atom stereocenters. The molecule has 1 aromatic heterocycles. The number of halogens is 2. The Bertz CT molecular complexity index is 667. The van der Waals surface area contributed by atoms with Crippen LogP contribution in [0.5, 0.6) is 0 Å². The van der Waals surface area contributed by atoms with Gasteiger partial charge in [0.05, 0.1) is 12.1 Å². The number of para-hydroxylation sites is 1. The second-order valence-corrected chi connectivity index (χ2v) is 5.57. The normalized spacial score (nSPS) is 13.9. The number of amides is 1. The fraction of sp³-hybridized carbons (Fsp3) is 0.353. The molecule has 1 saturated heterocycles. The first-order valence-electron chi connectivity index (χ1n) is 7.56. The van der Waals surface area contributed by atoms with Crippen LogP contribution in [0.25, 0.3) is 0 Å². The van der Waals surface area contributed by atoms with E-state index in [1.807, 2.05) is 11.0 Å². The smallest absolute Gasteiger partial charge is 0.257 e. The largest absolute Gasteiger partial charge is 0.467 e. The van der Waals surface area contributed by atoms with E-state index >= 15 is 0 Å². The molecule has 1 aliphatic heterocycles. The van der Waals surface area contributed by atoms with Crippen LogP contribution in [-0.4, -0.2) is 37.0 Å². The van der Waals surface area contributed by atoms with Crippen LogP contribution < -0.4 is 10.6 Å². The number of carbonyl (C=O) groups is 1. The van der Waals surface area contributed by atoms with Crippen LogP contribution in [0.2, 0.25) is 0 Å². The van der Waals surface area contributed by atoms with Crippen molar-refractivity contribution in [3.8, 4) is 0 Å². The summed E-state index contributed by atoms with van der Waals surface area (Å²) >= 11 is 0. The first kappa shape index (κ1) is 20.4. The highest BCUT2D eigenvalue weighted by Crippen LogP contribution is 2.21. The molecule has 0 bridgehead atoms. The van der Waals surface area contributed by atoms with Gasteiger partial charge >= 0.3 is 0 Å². The molecule has 7 heteroatoms. The van der Waals surface area contributed by atoms with Gasteiger partial charge in [-0.1, -0.05) is 18.2 Å². The lowest BCUT2D eigenvalue weighted by molar-refractivity contribution is 0.0746. The Kier molecular flexibility index (Phi) is 7.60. The van der Waals surface area contributed by atoms with Crippen molar-refractivity contribution in [3.05, 3.63) is 53.5 Å². The number of nitrogens with two attached hydrogens (primary N) is 1. The van der Waals surface area contributed by atoms with E-state index in [0.29, 0.717) is 17.9 Å². The van der Waals surface area contributed by atoms with Crippen LogP contribution in [0.15, 0.2) is 41.0 Å². The van der Waals surface area contributed by atoms with Gasteiger partial charge < -0.3 is 20.0 Å². The molecule has 0 spiro atoms. The maximum absolute atomic E-state index is 12.4. The number of carbonyl (C=O) groups excluding carboxylic acids is 1. The third kappa shape index (κ3) is 4.23. The molecule has 2 aromatic rings. The van der Waals surface area contributed by atoms with Gasteiger partial charge in [0.15, 0.2) is 0 Å². The number of benzene rings is 1. The Morgan fingerprint density at radius 3 is 2.42 bits per heavy atom. The van der Waals surface area contributed by atoms with E-state index in [1.165, 1.54) is 17.5 Å². The Balaban J connectivity index is 0.00000144. The molecule has 1 aliphatic rings. The van der Waals surface area contributed by atoms with E-state index < -0.39 is 0 Å². The number of furan rings is 1. The summed E-state index contributed by atoms with van der Waals surface area (Å²) in [5.41, 5.74) is 8.62. The monoisotopic (exact) mass is 371 g/mol. The molecule has 2 heterocycles. The van der Waals surface area contributed by atoms with E-state index in [-0.39, 0.29) is 30.7 Å². The van der Waals surface area contributed by atoms with Crippen molar-refractivity contribution in [3.63, 3.8) is 0 Å². The standard InChI is InChI=1S/C17H21N3O2.2ClH/c1-13-4-2-3-5-16(13)19-6-8-20(9-7-19)17(21)14-10-15(11-18)22-12-14;;/h2-5,10,12H,6-9,11,18H2,1H3;2*1H. The topological polar surface area (TPSA) is 62.7 Å². The Hall–Kier alpha value is -1.69. The number of nitrogens with zero attached hydrogens (tertiary/aromatic N) is 2. The fourth-order valence-corrected chi connectivity index (χ4v) is 2.85. The molecule has 0 aliphatic carbocycles. The number of aryl methyl sites for hydroxylation is 1. The molecular weight excluding hydrogens is 349 g/mol. The van der Waals surface area contributed by atoms with Gasteiger partial charge in [0, 0.05) is 31.9 Å². The van der Waals surface area contributed by atoms with Crippen LogP contribution >= 0.6 is 24.8 Å². The molecule has 5 nitrogen and oxygen atoms in total. The van der Waals surface area contributed by atoms with Crippen molar-refractivity contribution in [2.75, 3.05) is 31.1 Å². The molecule has 1 fully saturated rings. The van der Waals surface area contributed by atoms with Gasteiger partial charge in [0.1, 0.15) is 12.0 Å². The maximum Gasteiger partial charge on any atom is 0.257 e. The van der Waals surface area contributed by atoms with Gasteiger partial charge in [0.2, 0.25) is 0 Å². The highest BCUT2D eigenvalue weighted by Gasteiger charge is 2.23. The van der Waals surface area contributed by atoms with E-state index in [4.69, 9.17) is 10.2 Å². The second-order valence-electron chi connectivity index (χ2n) is 5.57. The first-order chi connectivity index (χ1) is 10.7. The molecule has 3 rings (SSSR count). The highest BCUT2D eigenvalue weighted by molar-refractivity contribution is 5.94. The number of rotatable bonds is 3. The molecule has 2 N–H and O–H groups in total. The third-order valence-corrected chi connectivity index (χ3v) is 4.12. The summed E-state index contributed by atoms with van der Waals surface area (Å²) in [4.78, 5) is 16.7. The third-order valence-electron chi connectivity index (χ3n) is 4.12. The fourth-order valence-electron chi connectivity index (χ4n) is 2.85. The Morgan fingerprint density at radius 2 is 1.83 bits per heavy atom. The van der Waals surface area contributed by atoms with Gasteiger partial charge in [-0.15, -0.1) is 24.8 Å². The zero-order chi connectivity index (χ0) is 15.5. The van der Waals surface area contributed by atoms with E-state index in [9.17, 15) is 4.79 Å². The lowest BCUT2D eigenvalue weighted by atomic mass is 10.1. The van der Waals surface area contributed by atoms with Crippen molar-refractivity contribution in [1.82, 2.24) is 4.90 Å². The maximum atomic E-state index is 12.4. The van der Waals surface area contributed by atoms with E-state index in [1.54, 1.807) is 6.07 Å². The van der Waals surface area contributed by atoms with Crippen LogP contribution in [0.1, 0.15) is 21.7 Å². The summed E-state index contributed by atoms with van der Waals surface area (Å²) in [6.45, 7) is 5.56. The summed E-state index contributed by atoms with van der Waals surface area (Å²) in [6, 6.07) is 10.1. The van der Waals surface area contributed by atoms with Gasteiger partial charge in [0.25, 0.3) is 5.91 Å². The highest BCUT2D eigenvalue weighted by atomic mass is 35.5. The van der Waals surface area contributed by atoms with Crippen molar-refractivity contribution in [1.29, 1.82) is 0 Å². The molecule has 1 amide bonds. The lowest BCUT2D eigenvalue weighted by Gasteiger charge is -2.36.